The van der Waals surface area contributed by atoms with Crippen LogP contribution in [0.15, 0.2) is 35.1 Å². The first-order chi connectivity index (χ1) is 7.81. The molecule has 1 aromatic carbocycles. The first-order valence-corrected chi connectivity index (χ1v) is 5.63. The zero-order valence-electron chi connectivity index (χ0n) is 9.42. The van der Waals surface area contributed by atoms with Crippen molar-refractivity contribution in [3.8, 4) is 0 Å². The molecule has 2 aromatic rings. The number of aromatic nitrogens is 1. The summed E-state index contributed by atoms with van der Waals surface area (Å²) in [7, 11) is 0. The summed E-state index contributed by atoms with van der Waals surface area (Å²) in [6.45, 7) is 3.68. The lowest BCUT2D eigenvalue weighted by Crippen LogP contribution is -2.21. The lowest BCUT2D eigenvalue weighted by atomic mass is 10.1. The van der Waals surface area contributed by atoms with Gasteiger partial charge in [-0.1, -0.05) is 25.1 Å². The first-order valence-electron chi connectivity index (χ1n) is 5.63. The Morgan fingerprint density at radius 3 is 2.94 bits per heavy atom. The fourth-order valence-corrected chi connectivity index (χ4v) is 1.72. The molecule has 0 saturated carbocycles. The number of pyridine rings is 1. The largest absolute Gasteiger partial charge is 0.322 e. The molecule has 0 saturated heterocycles. The van der Waals surface area contributed by atoms with Gasteiger partial charge >= 0.3 is 0 Å². The Bertz CT molecular complexity index is 531. The molecule has 0 spiro atoms. The van der Waals surface area contributed by atoms with Crippen molar-refractivity contribution in [1.82, 2.24) is 10.3 Å². The second-order valence-electron chi connectivity index (χ2n) is 3.89. The van der Waals surface area contributed by atoms with Crippen molar-refractivity contribution in [2.45, 2.75) is 19.9 Å². The molecule has 0 atom stereocenters. The molecule has 2 rings (SSSR count). The molecular formula is C13H16N2O. The van der Waals surface area contributed by atoms with Crippen molar-refractivity contribution in [3.05, 3.63) is 46.2 Å². The molecular weight excluding hydrogens is 200 g/mol. The van der Waals surface area contributed by atoms with Crippen molar-refractivity contribution in [2.75, 3.05) is 6.54 Å². The highest BCUT2D eigenvalue weighted by Crippen LogP contribution is 2.09. The van der Waals surface area contributed by atoms with Crippen molar-refractivity contribution in [2.24, 2.45) is 0 Å². The minimum Gasteiger partial charge on any atom is -0.322 e. The average Bonchev–Trinajstić information content (AvgIpc) is 2.30. The molecule has 0 unspecified atom stereocenters. The van der Waals surface area contributed by atoms with Gasteiger partial charge in [0.1, 0.15) is 0 Å². The molecule has 0 amide bonds. The number of nitrogens with one attached hydrogen (secondary N) is 2. The Labute approximate surface area is 94.5 Å². The fraction of sp³-hybridized carbons (Fsp3) is 0.308. The highest BCUT2D eigenvalue weighted by Gasteiger charge is 2.01. The molecule has 3 nitrogen and oxygen atoms in total. The van der Waals surface area contributed by atoms with Crippen molar-refractivity contribution < 1.29 is 0 Å². The van der Waals surface area contributed by atoms with Gasteiger partial charge in [0.2, 0.25) is 0 Å². The van der Waals surface area contributed by atoms with E-state index in [0.717, 1.165) is 29.4 Å². The number of aromatic amines is 1. The van der Waals surface area contributed by atoms with E-state index in [9.17, 15) is 4.79 Å². The maximum atomic E-state index is 11.7. The Morgan fingerprint density at radius 1 is 1.31 bits per heavy atom. The average molecular weight is 216 g/mol. The summed E-state index contributed by atoms with van der Waals surface area (Å²) in [5.74, 6) is 0. The lowest BCUT2D eigenvalue weighted by Gasteiger charge is -2.04. The number of hydrogen-bond donors (Lipinski definition) is 2. The van der Waals surface area contributed by atoms with Gasteiger partial charge in [0.25, 0.3) is 5.56 Å². The Morgan fingerprint density at radius 2 is 2.12 bits per heavy atom. The van der Waals surface area contributed by atoms with E-state index in [1.54, 1.807) is 0 Å². The highest BCUT2D eigenvalue weighted by atomic mass is 16.1. The van der Waals surface area contributed by atoms with E-state index in [-0.39, 0.29) is 5.56 Å². The van der Waals surface area contributed by atoms with E-state index >= 15 is 0 Å². The Hall–Kier alpha value is -1.61. The van der Waals surface area contributed by atoms with Crippen LogP contribution in [-0.4, -0.2) is 11.5 Å². The monoisotopic (exact) mass is 216 g/mol. The molecule has 84 valence electrons. The lowest BCUT2D eigenvalue weighted by molar-refractivity contribution is 0.671. The van der Waals surface area contributed by atoms with E-state index < -0.39 is 0 Å². The molecule has 16 heavy (non-hydrogen) atoms. The van der Waals surface area contributed by atoms with Crippen molar-refractivity contribution in [1.29, 1.82) is 0 Å². The van der Waals surface area contributed by atoms with Gasteiger partial charge in [-0.2, -0.15) is 0 Å². The second kappa shape index (κ2) is 4.94. The Kier molecular flexibility index (Phi) is 3.37. The van der Waals surface area contributed by atoms with Gasteiger partial charge in [0.05, 0.1) is 0 Å². The van der Waals surface area contributed by atoms with Crippen LogP contribution in [0, 0.1) is 0 Å². The van der Waals surface area contributed by atoms with Crippen LogP contribution in [0.3, 0.4) is 0 Å². The quantitative estimate of drug-likeness (QED) is 0.768. The van der Waals surface area contributed by atoms with E-state index in [1.807, 2.05) is 30.3 Å². The third-order valence-corrected chi connectivity index (χ3v) is 2.57. The van der Waals surface area contributed by atoms with Gasteiger partial charge in [-0.05, 0) is 30.5 Å². The highest BCUT2D eigenvalue weighted by molar-refractivity contribution is 5.78. The van der Waals surface area contributed by atoms with Crippen molar-refractivity contribution in [3.63, 3.8) is 0 Å². The van der Waals surface area contributed by atoms with Crippen LogP contribution < -0.4 is 10.9 Å². The maximum Gasteiger partial charge on any atom is 0.252 e. The zero-order chi connectivity index (χ0) is 11.4. The van der Waals surface area contributed by atoms with Gasteiger partial charge in [0.15, 0.2) is 0 Å². The van der Waals surface area contributed by atoms with Crippen molar-refractivity contribution >= 4 is 10.9 Å². The summed E-state index contributed by atoms with van der Waals surface area (Å²) >= 11 is 0. The van der Waals surface area contributed by atoms with E-state index in [1.165, 1.54) is 0 Å². The standard InChI is InChI=1S/C13H16N2O/c1-2-7-14-9-11-8-10-5-3-4-6-12(10)15-13(11)16/h3-6,8,14H,2,7,9H2,1H3,(H,15,16). The minimum absolute atomic E-state index is 0.00213. The smallest absolute Gasteiger partial charge is 0.252 e. The molecule has 1 heterocycles. The van der Waals surface area contributed by atoms with E-state index in [2.05, 4.69) is 17.2 Å². The molecule has 2 N–H and O–H groups in total. The summed E-state index contributed by atoms with van der Waals surface area (Å²) in [4.78, 5) is 14.6. The molecule has 0 aliphatic rings. The maximum absolute atomic E-state index is 11.7. The predicted molar refractivity (Wildman–Crippen MR) is 66.6 cm³/mol. The predicted octanol–water partition coefficient (Wildman–Crippen LogP) is 2.03. The van der Waals surface area contributed by atoms with Crippen LogP contribution >= 0.6 is 0 Å². The molecule has 0 radical (unpaired) electrons. The van der Waals surface area contributed by atoms with Crippen LogP contribution in [0.4, 0.5) is 0 Å². The fourth-order valence-electron chi connectivity index (χ4n) is 1.72. The van der Waals surface area contributed by atoms with Crippen LogP contribution in [0.2, 0.25) is 0 Å². The van der Waals surface area contributed by atoms with Gasteiger partial charge in [-0.3, -0.25) is 4.79 Å². The van der Waals surface area contributed by atoms with Crippen LogP contribution in [0.5, 0.6) is 0 Å². The second-order valence-corrected chi connectivity index (χ2v) is 3.89. The number of benzene rings is 1. The molecule has 1 aromatic heterocycles. The van der Waals surface area contributed by atoms with Crippen LogP contribution in [-0.2, 0) is 6.54 Å². The summed E-state index contributed by atoms with van der Waals surface area (Å²) in [6, 6.07) is 9.78. The third kappa shape index (κ3) is 2.31. The third-order valence-electron chi connectivity index (χ3n) is 2.57. The van der Waals surface area contributed by atoms with E-state index in [0.29, 0.717) is 6.54 Å². The SMILES string of the molecule is CCCNCc1cc2ccccc2[nH]c1=O. The summed E-state index contributed by atoms with van der Waals surface area (Å²) in [5.41, 5.74) is 1.70. The molecule has 3 heteroatoms. The number of fused-ring (bicyclic) bond motifs is 1. The Balaban J connectivity index is 2.31. The number of H-pyrrole nitrogens is 1. The normalized spacial score (nSPS) is 10.8. The number of rotatable bonds is 4. The van der Waals surface area contributed by atoms with Gasteiger partial charge in [-0.25, -0.2) is 0 Å². The van der Waals surface area contributed by atoms with E-state index in [4.69, 9.17) is 0 Å². The molecule has 0 bridgehead atoms. The first kappa shape index (κ1) is 10.9. The van der Waals surface area contributed by atoms with Gasteiger partial charge < -0.3 is 10.3 Å². The molecule has 0 fully saturated rings. The van der Waals surface area contributed by atoms with Crippen LogP contribution in [0.1, 0.15) is 18.9 Å². The number of hydrogen-bond acceptors (Lipinski definition) is 2. The minimum atomic E-state index is 0.00213. The molecule has 0 aliphatic heterocycles. The zero-order valence-corrected chi connectivity index (χ0v) is 9.42. The summed E-state index contributed by atoms with van der Waals surface area (Å²) in [5, 5.41) is 4.32. The molecule has 0 aliphatic carbocycles. The van der Waals surface area contributed by atoms with Gasteiger partial charge in [0, 0.05) is 17.6 Å². The number of para-hydroxylation sites is 1. The van der Waals surface area contributed by atoms with Crippen LogP contribution in [0.25, 0.3) is 10.9 Å². The van der Waals surface area contributed by atoms with Gasteiger partial charge in [-0.15, -0.1) is 0 Å². The topological polar surface area (TPSA) is 44.9 Å². The summed E-state index contributed by atoms with van der Waals surface area (Å²) in [6.07, 6.45) is 1.07. The summed E-state index contributed by atoms with van der Waals surface area (Å²) < 4.78 is 0.